The molecule has 0 fully saturated rings. The summed E-state index contributed by atoms with van der Waals surface area (Å²) in [4.78, 5) is 25.7. The van der Waals surface area contributed by atoms with Crippen LogP contribution in [0.15, 0.2) is 29.2 Å². The van der Waals surface area contributed by atoms with Gasteiger partial charge in [-0.3, -0.25) is 9.59 Å². The topological polar surface area (TPSA) is 80.8 Å². The third-order valence-electron chi connectivity index (χ3n) is 3.21. The molecule has 0 N–H and O–H groups in total. The quantitative estimate of drug-likeness (QED) is 0.615. The Balaban J connectivity index is 2.61. The fourth-order valence-corrected chi connectivity index (χ4v) is 4.05. The Morgan fingerprint density at radius 2 is 1.95 bits per heavy atom. The number of hydrogen-bond acceptors (Lipinski definition) is 5. The lowest BCUT2D eigenvalue weighted by Crippen LogP contribution is -2.52. The Kier molecular flexibility index (Phi) is 4.32. The van der Waals surface area contributed by atoms with Crippen LogP contribution >= 0.6 is 0 Å². The number of carbonyl (C=O) groups is 2. The Bertz CT molecular complexity index is 668. The molecule has 0 saturated carbocycles. The van der Waals surface area contributed by atoms with Gasteiger partial charge in [-0.2, -0.15) is 0 Å². The van der Waals surface area contributed by atoms with E-state index in [1.807, 2.05) is 6.92 Å². The van der Waals surface area contributed by atoms with E-state index in [4.69, 9.17) is 4.74 Å². The predicted molar refractivity (Wildman–Crippen MR) is 76.7 cm³/mol. The molecule has 1 amide bonds. The molecule has 6 nitrogen and oxygen atoms in total. The van der Waals surface area contributed by atoms with Crippen LogP contribution in [-0.2, 0) is 24.2 Å². The zero-order valence-electron chi connectivity index (χ0n) is 11.9. The SMILES string of the molecule is CCCN1C(=O)C(C(=O)OCC)S(=O)(=O)c2ccccc21. The van der Waals surface area contributed by atoms with E-state index in [0.717, 1.165) is 0 Å². The van der Waals surface area contributed by atoms with Gasteiger partial charge in [-0.25, -0.2) is 8.42 Å². The zero-order valence-corrected chi connectivity index (χ0v) is 12.7. The van der Waals surface area contributed by atoms with Gasteiger partial charge in [-0.15, -0.1) is 0 Å². The molecule has 1 heterocycles. The Morgan fingerprint density at radius 1 is 1.29 bits per heavy atom. The fourth-order valence-electron chi connectivity index (χ4n) is 2.34. The predicted octanol–water partition coefficient (Wildman–Crippen LogP) is 1.15. The maximum Gasteiger partial charge on any atom is 0.334 e. The molecule has 1 atom stereocenters. The molecule has 0 aliphatic carbocycles. The van der Waals surface area contributed by atoms with Crippen LogP contribution in [0, 0.1) is 0 Å². The first-order valence-electron chi connectivity index (χ1n) is 6.76. The van der Waals surface area contributed by atoms with Gasteiger partial charge in [0, 0.05) is 6.54 Å². The monoisotopic (exact) mass is 311 g/mol. The molecule has 1 aromatic rings. The second kappa shape index (κ2) is 5.85. The molecule has 0 spiro atoms. The van der Waals surface area contributed by atoms with Crippen molar-refractivity contribution >= 4 is 27.4 Å². The minimum Gasteiger partial charge on any atom is -0.465 e. The summed E-state index contributed by atoms with van der Waals surface area (Å²) < 4.78 is 29.8. The first-order valence-corrected chi connectivity index (χ1v) is 8.30. The van der Waals surface area contributed by atoms with Crippen LogP contribution in [-0.4, -0.2) is 38.7 Å². The third kappa shape index (κ3) is 2.53. The summed E-state index contributed by atoms with van der Waals surface area (Å²) in [6, 6.07) is 6.21. The molecule has 7 heteroatoms. The number of rotatable bonds is 4. The van der Waals surface area contributed by atoms with Crippen LogP contribution < -0.4 is 4.90 Å². The van der Waals surface area contributed by atoms with Gasteiger partial charge in [0.15, 0.2) is 0 Å². The van der Waals surface area contributed by atoms with Crippen molar-refractivity contribution in [3.05, 3.63) is 24.3 Å². The number of ether oxygens (including phenoxy) is 1. The van der Waals surface area contributed by atoms with Crippen molar-refractivity contribution in [1.82, 2.24) is 0 Å². The van der Waals surface area contributed by atoms with Gasteiger partial charge < -0.3 is 9.64 Å². The Labute approximate surface area is 123 Å². The van der Waals surface area contributed by atoms with Crippen LogP contribution in [0.25, 0.3) is 0 Å². The average molecular weight is 311 g/mol. The molecule has 0 bridgehead atoms. The number of esters is 1. The summed E-state index contributed by atoms with van der Waals surface area (Å²) in [5.41, 5.74) is 0.324. The van der Waals surface area contributed by atoms with Crippen molar-refractivity contribution in [3.63, 3.8) is 0 Å². The van der Waals surface area contributed by atoms with Crippen LogP contribution in [0.2, 0.25) is 0 Å². The summed E-state index contributed by atoms with van der Waals surface area (Å²) in [6.07, 6.45) is 0.648. The lowest BCUT2D eigenvalue weighted by atomic mass is 10.2. The third-order valence-corrected chi connectivity index (χ3v) is 5.18. The molecule has 1 aliphatic rings. The highest BCUT2D eigenvalue weighted by Crippen LogP contribution is 2.34. The minimum absolute atomic E-state index is 0.00361. The van der Waals surface area contributed by atoms with E-state index in [9.17, 15) is 18.0 Å². The molecule has 21 heavy (non-hydrogen) atoms. The Hall–Kier alpha value is -1.89. The van der Waals surface area contributed by atoms with Crippen LogP contribution in [0.5, 0.6) is 0 Å². The summed E-state index contributed by atoms with van der Waals surface area (Å²) in [5.74, 6) is -1.76. The van der Waals surface area contributed by atoms with Gasteiger partial charge in [-0.1, -0.05) is 19.1 Å². The van der Waals surface area contributed by atoms with Crippen molar-refractivity contribution in [1.29, 1.82) is 0 Å². The lowest BCUT2D eigenvalue weighted by Gasteiger charge is -2.32. The molecule has 0 saturated heterocycles. The second-order valence-corrected chi connectivity index (χ2v) is 6.64. The molecule has 1 unspecified atom stereocenters. The number of anilines is 1. The molecule has 114 valence electrons. The van der Waals surface area contributed by atoms with Crippen molar-refractivity contribution < 1.29 is 22.7 Å². The number of amides is 1. The van der Waals surface area contributed by atoms with Crippen LogP contribution in [0.3, 0.4) is 0 Å². The van der Waals surface area contributed by atoms with Gasteiger partial charge in [0.25, 0.3) is 5.91 Å². The molecule has 0 radical (unpaired) electrons. The summed E-state index contributed by atoms with van der Waals surface area (Å²) >= 11 is 0. The first kappa shape index (κ1) is 15.5. The van der Waals surface area contributed by atoms with Gasteiger partial charge in [0.1, 0.15) is 0 Å². The molecular weight excluding hydrogens is 294 g/mol. The number of benzene rings is 1. The minimum atomic E-state index is -4.07. The maximum atomic E-state index is 12.5. The first-order chi connectivity index (χ1) is 9.95. The molecule has 0 aromatic heterocycles. The van der Waals surface area contributed by atoms with E-state index in [-0.39, 0.29) is 11.5 Å². The molecule has 1 aliphatic heterocycles. The number of nitrogens with zero attached hydrogens (tertiary/aromatic N) is 1. The molecule has 1 aromatic carbocycles. The number of fused-ring (bicyclic) bond motifs is 1. The largest absolute Gasteiger partial charge is 0.465 e. The van der Waals surface area contributed by atoms with E-state index in [0.29, 0.717) is 18.7 Å². The highest BCUT2D eigenvalue weighted by Gasteiger charge is 2.49. The smallest absolute Gasteiger partial charge is 0.334 e. The number of para-hydroxylation sites is 1. The van der Waals surface area contributed by atoms with E-state index >= 15 is 0 Å². The van der Waals surface area contributed by atoms with Crippen molar-refractivity contribution in [2.24, 2.45) is 0 Å². The van der Waals surface area contributed by atoms with E-state index in [1.54, 1.807) is 25.1 Å². The lowest BCUT2D eigenvalue weighted by molar-refractivity contribution is -0.145. The van der Waals surface area contributed by atoms with Crippen LogP contribution in [0.4, 0.5) is 5.69 Å². The zero-order chi connectivity index (χ0) is 15.6. The fraction of sp³-hybridized carbons (Fsp3) is 0.429. The van der Waals surface area contributed by atoms with Gasteiger partial charge in [0.2, 0.25) is 15.1 Å². The van der Waals surface area contributed by atoms with E-state index < -0.39 is 27.0 Å². The number of hydrogen-bond donors (Lipinski definition) is 0. The average Bonchev–Trinajstić information content (AvgIpc) is 2.43. The van der Waals surface area contributed by atoms with E-state index in [2.05, 4.69) is 0 Å². The maximum absolute atomic E-state index is 12.5. The second-order valence-electron chi connectivity index (χ2n) is 4.63. The van der Waals surface area contributed by atoms with Crippen molar-refractivity contribution in [2.75, 3.05) is 18.1 Å². The normalized spacial score (nSPS) is 20.0. The molecular formula is C14H17NO5S. The Morgan fingerprint density at radius 3 is 2.57 bits per heavy atom. The van der Waals surface area contributed by atoms with Gasteiger partial charge in [-0.05, 0) is 25.5 Å². The van der Waals surface area contributed by atoms with E-state index in [1.165, 1.54) is 11.0 Å². The van der Waals surface area contributed by atoms with Crippen LogP contribution in [0.1, 0.15) is 20.3 Å². The standard InChI is InChI=1S/C14H17NO5S/c1-3-9-15-10-7-5-6-8-11(10)21(18,19)12(13(15)16)14(17)20-4-2/h5-8,12H,3-4,9H2,1-2H3. The van der Waals surface area contributed by atoms with Crippen molar-refractivity contribution in [2.45, 2.75) is 30.4 Å². The summed E-state index contributed by atoms with van der Waals surface area (Å²) in [5, 5.41) is -1.81. The van der Waals surface area contributed by atoms with Gasteiger partial charge >= 0.3 is 5.97 Å². The highest BCUT2D eigenvalue weighted by molar-refractivity contribution is 7.94. The van der Waals surface area contributed by atoms with Gasteiger partial charge in [0.05, 0.1) is 17.2 Å². The summed E-state index contributed by atoms with van der Waals surface area (Å²) in [6.45, 7) is 3.81. The number of sulfone groups is 1. The summed E-state index contributed by atoms with van der Waals surface area (Å²) in [7, 11) is -4.07. The number of carbonyl (C=O) groups excluding carboxylic acids is 2. The van der Waals surface area contributed by atoms with Crippen molar-refractivity contribution in [3.8, 4) is 0 Å². The molecule has 2 rings (SSSR count). The highest BCUT2D eigenvalue weighted by atomic mass is 32.2.